The van der Waals surface area contributed by atoms with Gasteiger partial charge in [0.2, 0.25) is 0 Å². The van der Waals surface area contributed by atoms with E-state index in [9.17, 15) is 0 Å². The van der Waals surface area contributed by atoms with Crippen molar-refractivity contribution in [2.75, 3.05) is 18.4 Å². The Morgan fingerprint density at radius 2 is 1.83 bits per heavy atom. The zero-order valence-corrected chi connectivity index (χ0v) is 16.3. The number of nitrogens with two attached hydrogens (primary N) is 1. The summed E-state index contributed by atoms with van der Waals surface area (Å²) in [6.45, 7) is 4.71. The Bertz CT molecular complexity index is 502. The van der Waals surface area contributed by atoms with Crippen molar-refractivity contribution in [1.82, 2.24) is 4.90 Å². The first-order chi connectivity index (χ1) is 10.7. The quantitative estimate of drug-likeness (QED) is 0.438. The summed E-state index contributed by atoms with van der Waals surface area (Å²) in [5, 5.41) is 3.20. The van der Waals surface area contributed by atoms with Gasteiger partial charge in [-0.25, -0.2) is 4.99 Å². The molecule has 1 heterocycles. The predicted octanol–water partition coefficient (Wildman–Crippen LogP) is 3.61. The van der Waals surface area contributed by atoms with Crippen LogP contribution in [0.15, 0.2) is 29.3 Å². The third-order valence-electron chi connectivity index (χ3n) is 4.95. The van der Waals surface area contributed by atoms with Gasteiger partial charge >= 0.3 is 0 Å². The van der Waals surface area contributed by atoms with Gasteiger partial charge in [0.1, 0.15) is 0 Å². The van der Waals surface area contributed by atoms with Gasteiger partial charge in [-0.15, -0.1) is 24.0 Å². The second-order valence-electron chi connectivity index (χ2n) is 6.57. The van der Waals surface area contributed by atoms with Crippen molar-refractivity contribution in [3.63, 3.8) is 0 Å². The SMILES string of the molecule is CCc1ccc(NC(N)=NC2CC(N3CCCCC3)C2)cc1.I. The molecule has 1 aromatic rings. The first-order valence-corrected chi connectivity index (χ1v) is 8.68. The summed E-state index contributed by atoms with van der Waals surface area (Å²) in [6.07, 6.45) is 7.51. The average Bonchev–Trinajstić information content (AvgIpc) is 2.52. The monoisotopic (exact) mass is 428 g/mol. The molecule has 0 unspecified atom stereocenters. The van der Waals surface area contributed by atoms with Gasteiger partial charge < -0.3 is 16.0 Å². The van der Waals surface area contributed by atoms with E-state index in [-0.39, 0.29) is 24.0 Å². The molecule has 0 atom stereocenters. The van der Waals surface area contributed by atoms with Gasteiger partial charge in [0, 0.05) is 11.7 Å². The van der Waals surface area contributed by atoms with E-state index < -0.39 is 0 Å². The maximum Gasteiger partial charge on any atom is 0.193 e. The molecule has 5 heteroatoms. The maximum atomic E-state index is 6.04. The van der Waals surface area contributed by atoms with Crippen molar-refractivity contribution in [2.24, 2.45) is 10.7 Å². The number of hydrogen-bond donors (Lipinski definition) is 2. The number of nitrogens with one attached hydrogen (secondary N) is 1. The molecule has 0 spiro atoms. The van der Waals surface area contributed by atoms with Crippen LogP contribution in [-0.2, 0) is 6.42 Å². The van der Waals surface area contributed by atoms with Gasteiger partial charge in [0.15, 0.2) is 5.96 Å². The van der Waals surface area contributed by atoms with Gasteiger partial charge in [0.25, 0.3) is 0 Å². The van der Waals surface area contributed by atoms with E-state index in [1.54, 1.807) is 0 Å². The fourth-order valence-corrected chi connectivity index (χ4v) is 3.45. The normalized spacial score (nSPS) is 25.3. The number of likely N-dealkylation sites (tertiary alicyclic amines) is 1. The molecule has 0 aromatic heterocycles. The smallest absolute Gasteiger partial charge is 0.193 e. The highest BCUT2D eigenvalue weighted by Gasteiger charge is 2.33. The Labute approximate surface area is 156 Å². The molecule has 0 bridgehead atoms. The molecule has 1 saturated heterocycles. The van der Waals surface area contributed by atoms with E-state index in [1.165, 1.54) is 37.9 Å². The van der Waals surface area contributed by atoms with Crippen LogP contribution in [0.1, 0.15) is 44.6 Å². The molecule has 3 rings (SSSR count). The average molecular weight is 428 g/mol. The molecule has 0 radical (unpaired) electrons. The Balaban J connectivity index is 0.00000192. The summed E-state index contributed by atoms with van der Waals surface area (Å²) in [5.74, 6) is 0.548. The number of halogens is 1. The van der Waals surface area contributed by atoms with Crippen LogP contribution in [0.5, 0.6) is 0 Å². The van der Waals surface area contributed by atoms with Crippen molar-refractivity contribution >= 4 is 35.6 Å². The molecule has 1 aliphatic carbocycles. The minimum Gasteiger partial charge on any atom is -0.370 e. The third-order valence-corrected chi connectivity index (χ3v) is 4.95. The molecule has 1 aromatic carbocycles. The van der Waals surface area contributed by atoms with E-state index in [0.29, 0.717) is 12.0 Å². The zero-order valence-electron chi connectivity index (χ0n) is 14.0. The number of aryl methyl sites for hydroxylation is 1. The van der Waals surface area contributed by atoms with Crippen molar-refractivity contribution in [1.29, 1.82) is 0 Å². The highest BCUT2D eigenvalue weighted by molar-refractivity contribution is 14.0. The molecule has 128 valence electrons. The van der Waals surface area contributed by atoms with Crippen molar-refractivity contribution < 1.29 is 0 Å². The fraction of sp³-hybridized carbons (Fsp3) is 0.611. The van der Waals surface area contributed by atoms with Crippen LogP contribution in [0.25, 0.3) is 0 Å². The number of aliphatic imine (C=N–C) groups is 1. The molecule has 2 aliphatic rings. The first kappa shape index (κ1) is 18.5. The van der Waals surface area contributed by atoms with Gasteiger partial charge in [-0.1, -0.05) is 25.5 Å². The molecular weight excluding hydrogens is 399 g/mol. The molecule has 1 aliphatic heterocycles. The van der Waals surface area contributed by atoms with E-state index in [4.69, 9.17) is 5.73 Å². The molecular formula is C18H29IN4. The van der Waals surface area contributed by atoms with Crippen LogP contribution in [-0.4, -0.2) is 36.0 Å². The summed E-state index contributed by atoms with van der Waals surface area (Å²) in [7, 11) is 0. The summed E-state index contributed by atoms with van der Waals surface area (Å²) < 4.78 is 0. The van der Waals surface area contributed by atoms with E-state index in [1.807, 2.05) is 0 Å². The standard InChI is InChI=1S/C18H28N4.HI/c1-2-14-6-8-15(9-7-14)20-18(19)21-16-12-17(13-16)22-10-4-3-5-11-22;/h6-9,16-17H,2-5,10-13H2,1H3,(H3,19,20,21);1H. The number of anilines is 1. The van der Waals surface area contributed by atoms with Gasteiger partial charge in [-0.3, -0.25) is 0 Å². The molecule has 4 nitrogen and oxygen atoms in total. The van der Waals surface area contributed by atoms with Crippen LogP contribution >= 0.6 is 24.0 Å². The van der Waals surface area contributed by atoms with Gasteiger partial charge in [-0.2, -0.15) is 0 Å². The van der Waals surface area contributed by atoms with Crippen molar-refractivity contribution in [2.45, 2.75) is 57.5 Å². The van der Waals surface area contributed by atoms with Gasteiger partial charge in [0.05, 0.1) is 6.04 Å². The number of hydrogen-bond acceptors (Lipinski definition) is 2. The molecule has 3 N–H and O–H groups in total. The Kier molecular flexibility index (Phi) is 7.14. The zero-order chi connectivity index (χ0) is 15.4. The maximum absolute atomic E-state index is 6.04. The van der Waals surface area contributed by atoms with Crippen LogP contribution in [0.2, 0.25) is 0 Å². The molecule has 0 amide bonds. The lowest BCUT2D eigenvalue weighted by atomic mass is 9.85. The van der Waals surface area contributed by atoms with Crippen LogP contribution < -0.4 is 11.1 Å². The van der Waals surface area contributed by atoms with Crippen LogP contribution in [0, 0.1) is 0 Å². The lowest BCUT2D eigenvalue weighted by molar-refractivity contribution is 0.0912. The second kappa shape index (κ2) is 8.87. The highest BCUT2D eigenvalue weighted by atomic mass is 127. The lowest BCUT2D eigenvalue weighted by Crippen LogP contribution is -2.49. The minimum atomic E-state index is 0. The van der Waals surface area contributed by atoms with E-state index in [0.717, 1.165) is 31.0 Å². The number of benzene rings is 1. The van der Waals surface area contributed by atoms with Crippen molar-refractivity contribution in [3.8, 4) is 0 Å². The summed E-state index contributed by atoms with van der Waals surface area (Å²) in [4.78, 5) is 7.26. The fourth-order valence-electron chi connectivity index (χ4n) is 3.45. The first-order valence-electron chi connectivity index (χ1n) is 8.68. The predicted molar refractivity (Wildman–Crippen MR) is 109 cm³/mol. The number of guanidine groups is 1. The Hall–Kier alpha value is -0.820. The van der Waals surface area contributed by atoms with Crippen LogP contribution in [0.4, 0.5) is 5.69 Å². The largest absolute Gasteiger partial charge is 0.370 e. The lowest BCUT2D eigenvalue weighted by Gasteiger charge is -2.43. The number of piperidine rings is 1. The summed E-state index contributed by atoms with van der Waals surface area (Å²) in [5.41, 5.74) is 8.39. The summed E-state index contributed by atoms with van der Waals surface area (Å²) in [6, 6.07) is 9.54. The number of nitrogens with zero attached hydrogens (tertiary/aromatic N) is 2. The van der Waals surface area contributed by atoms with Crippen LogP contribution in [0.3, 0.4) is 0 Å². The topological polar surface area (TPSA) is 53.6 Å². The molecule has 23 heavy (non-hydrogen) atoms. The second-order valence-corrected chi connectivity index (χ2v) is 6.57. The molecule has 2 fully saturated rings. The molecule has 1 saturated carbocycles. The third kappa shape index (κ3) is 5.08. The number of rotatable bonds is 4. The Morgan fingerprint density at radius 3 is 2.43 bits per heavy atom. The Morgan fingerprint density at radius 1 is 1.17 bits per heavy atom. The summed E-state index contributed by atoms with van der Waals surface area (Å²) >= 11 is 0. The van der Waals surface area contributed by atoms with E-state index >= 15 is 0 Å². The van der Waals surface area contributed by atoms with Gasteiger partial charge in [-0.05, 0) is 62.9 Å². The van der Waals surface area contributed by atoms with E-state index in [2.05, 4.69) is 46.4 Å². The van der Waals surface area contributed by atoms with Crippen molar-refractivity contribution in [3.05, 3.63) is 29.8 Å². The minimum absolute atomic E-state index is 0. The highest BCUT2D eigenvalue weighted by Crippen LogP contribution is 2.30.